The number of halogens is 1. The first kappa shape index (κ1) is 14.4. The number of nitrogens with zero attached hydrogens (tertiary/aromatic N) is 1. The van der Waals surface area contributed by atoms with Crippen LogP contribution in [0.25, 0.3) is 0 Å². The summed E-state index contributed by atoms with van der Waals surface area (Å²) in [6.45, 7) is 0.581. The molecule has 0 unspecified atom stereocenters. The standard InChI is InChI=1S/C13H15BrN2O2S/c1-2-7-16(9-10-3-4-10)19(17,18)11-5-6-12(14)13(15)8-11/h1,5-6,8,10H,3-4,7,9,15H2. The van der Waals surface area contributed by atoms with Crippen molar-refractivity contribution in [3.8, 4) is 12.3 Å². The fraction of sp³-hybridized carbons (Fsp3) is 0.385. The van der Waals surface area contributed by atoms with E-state index in [1.165, 1.54) is 16.4 Å². The van der Waals surface area contributed by atoms with Gasteiger partial charge in [-0.1, -0.05) is 5.92 Å². The molecular formula is C13H15BrN2O2S. The van der Waals surface area contributed by atoms with E-state index in [-0.39, 0.29) is 11.4 Å². The van der Waals surface area contributed by atoms with E-state index in [2.05, 4.69) is 21.9 Å². The Morgan fingerprint density at radius 1 is 1.47 bits per heavy atom. The predicted octanol–water partition coefficient (Wildman–Crippen LogP) is 2.07. The second-order valence-corrected chi connectivity index (χ2v) is 7.42. The van der Waals surface area contributed by atoms with Gasteiger partial charge in [-0.15, -0.1) is 6.42 Å². The summed E-state index contributed by atoms with van der Waals surface area (Å²) < 4.78 is 27.0. The van der Waals surface area contributed by atoms with Gasteiger partial charge in [0.15, 0.2) is 0 Å². The number of terminal acetylenes is 1. The molecule has 1 fully saturated rings. The van der Waals surface area contributed by atoms with Crippen LogP contribution in [0.3, 0.4) is 0 Å². The molecule has 102 valence electrons. The predicted molar refractivity (Wildman–Crippen MR) is 78.9 cm³/mol. The van der Waals surface area contributed by atoms with Crippen LogP contribution in [-0.2, 0) is 10.0 Å². The van der Waals surface area contributed by atoms with Gasteiger partial charge in [0, 0.05) is 16.7 Å². The Labute approximate surface area is 122 Å². The highest BCUT2D eigenvalue weighted by Crippen LogP contribution is 2.32. The third-order valence-corrected chi connectivity index (χ3v) is 5.56. The van der Waals surface area contributed by atoms with Gasteiger partial charge in [0.25, 0.3) is 0 Å². The average Bonchev–Trinajstić information content (AvgIpc) is 3.16. The van der Waals surface area contributed by atoms with Crippen molar-refractivity contribution in [3.63, 3.8) is 0 Å². The molecule has 0 saturated heterocycles. The Hall–Kier alpha value is -1.03. The maximum Gasteiger partial charge on any atom is 0.244 e. The highest BCUT2D eigenvalue weighted by atomic mass is 79.9. The summed E-state index contributed by atoms with van der Waals surface area (Å²) in [5, 5.41) is 0. The van der Waals surface area contributed by atoms with E-state index in [1.807, 2.05) is 0 Å². The van der Waals surface area contributed by atoms with Gasteiger partial charge in [0.05, 0.1) is 11.4 Å². The first-order valence-corrected chi connectivity index (χ1v) is 8.17. The highest BCUT2D eigenvalue weighted by Gasteiger charge is 2.31. The summed E-state index contributed by atoms with van der Waals surface area (Å²) in [4.78, 5) is 0.184. The van der Waals surface area contributed by atoms with E-state index < -0.39 is 10.0 Å². The number of sulfonamides is 1. The molecule has 0 aliphatic heterocycles. The molecule has 0 bridgehead atoms. The van der Waals surface area contributed by atoms with Crippen LogP contribution in [0.1, 0.15) is 12.8 Å². The molecule has 1 aromatic rings. The lowest BCUT2D eigenvalue weighted by Crippen LogP contribution is -2.33. The Morgan fingerprint density at radius 3 is 2.68 bits per heavy atom. The minimum atomic E-state index is -3.57. The highest BCUT2D eigenvalue weighted by molar-refractivity contribution is 9.10. The lowest BCUT2D eigenvalue weighted by molar-refractivity contribution is 0.430. The quantitative estimate of drug-likeness (QED) is 0.658. The second kappa shape index (κ2) is 5.53. The van der Waals surface area contributed by atoms with Crippen LogP contribution in [0.2, 0.25) is 0 Å². The van der Waals surface area contributed by atoms with Crippen molar-refractivity contribution in [3.05, 3.63) is 22.7 Å². The van der Waals surface area contributed by atoms with Crippen molar-refractivity contribution in [2.24, 2.45) is 5.92 Å². The average molecular weight is 343 g/mol. The van der Waals surface area contributed by atoms with Gasteiger partial charge in [0.2, 0.25) is 10.0 Å². The smallest absolute Gasteiger partial charge is 0.244 e. The molecule has 1 aliphatic rings. The normalized spacial score (nSPS) is 15.4. The van der Waals surface area contributed by atoms with Gasteiger partial charge in [0.1, 0.15) is 0 Å². The van der Waals surface area contributed by atoms with E-state index in [4.69, 9.17) is 12.2 Å². The maximum absolute atomic E-state index is 12.5. The molecule has 0 heterocycles. The lowest BCUT2D eigenvalue weighted by atomic mass is 10.3. The Balaban J connectivity index is 2.32. The van der Waals surface area contributed by atoms with Crippen LogP contribution in [0.4, 0.5) is 5.69 Å². The second-order valence-electron chi connectivity index (χ2n) is 4.63. The molecule has 1 aliphatic carbocycles. The van der Waals surface area contributed by atoms with E-state index in [1.54, 1.807) is 6.07 Å². The molecular weight excluding hydrogens is 328 g/mol. The fourth-order valence-electron chi connectivity index (χ4n) is 1.77. The van der Waals surface area contributed by atoms with Gasteiger partial charge in [-0.25, -0.2) is 8.42 Å². The first-order valence-electron chi connectivity index (χ1n) is 5.94. The molecule has 2 rings (SSSR count). The summed E-state index contributed by atoms with van der Waals surface area (Å²) in [6, 6.07) is 4.62. The van der Waals surface area contributed by atoms with Gasteiger partial charge >= 0.3 is 0 Å². The van der Waals surface area contributed by atoms with Gasteiger partial charge in [-0.05, 0) is 52.9 Å². The summed E-state index contributed by atoms with van der Waals surface area (Å²) in [5.74, 6) is 2.85. The number of anilines is 1. The van der Waals surface area contributed by atoms with Gasteiger partial charge in [-0.3, -0.25) is 0 Å². The van der Waals surface area contributed by atoms with Crippen LogP contribution >= 0.6 is 15.9 Å². The minimum Gasteiger partial charge on any atom is -0.398 e. The molecule has 1 saturated carbocycles. The Kier molecular flexibility index (Phi) is 4.19. The number of benzene rings is 1. The van der Waals surface area contributed by atoms with E-state index in [0.29, 0.717) is 22.6 Å². The molecule has 1 aromatic carbocycles. The number of rotatable bonds is 5. The monoisotopic (exact) mass is 342 g/mol. The number of hydrogen-bond acceptors (Lipinski definition) is 3. The summed E-state index contributed by atoms with van der Waals surface area (Å²) in [6.07, 6.45) is 7.40. The van der Waals surface area contributed by atoms with Crippen LogP contribution in [0, 0.1) is 18.3 Å². The van der Waals surface area contributed by atoms with Crippen LogP contribution in [0.15, 0.2) is 27.6 Å². The lowest BCUT2D eigenvalue weighted by Gasteiger charge is -2.20. The maximum atomic E-state index is 12.5. The molecule has 6 heteroatoms. The zero-order valence-electron chi connectivity index (χ0n) is 10.3. The van der Waals surface area contributed by atoms with Crippen molar-refractivity contribution >= 4 is 31.6 Å². The molecule has 0 amide bonds. The van der Waals surface area contributed by atoms with Crippen LogP contribution in [-0.4, -0.2) is 25.8 Å². The molecule has 2 N–H and O–H groups in total. The van der Waals surface area contributed by atoms with Crippen molar-refractivity contribution in [2.45, 2.75) is 17.7 Å². The third kappa shape index (κ3) is 3.30. The third-order valence-electron chi connectivity index (χ3n) is 3.03. The van der Waals surface area contributed by atoms with Crippen molar-refractivity contribution in [1.82, 2.24) is 4.31 Å². The topological polar surface area (TPSA) is 63.4 Å². The Morgan fingerprint density at radius 2 is 2.16 bits per heavy atom. The largest absolute Gasteiger partial charge is 0.398 e. The molecule has 0 spiro atoms. The molecule has 19 heavy (non-hydrogen) atoms. The zero-order chi connectivity index (χ0) is 14.0. The first-order chi connectivity index (χ1) is 8.95. The zero-order valence-corrected chi connectivity index (χ0v) is 12.7. The number of nitrogens with two attached hydrogens (primary N) is 1. The van der Waals surface area contributed by atoms with Crippen molar-refractivity contribution < 1.29 is 8.42 Å². The summed E-state index contributed by atoms with van der Waals surface area (Å²) in [5.41, 5.74) is 6.13. The van der Waals surface area contributed by atoms with Crippen molar-refractivity contribution in [1.29, 1.82) is 0 Å². The molecule has 0 radical (unpaired) electrons. The summed E-state index contributed by atoms with van der Waals surface area (Å²) >= 11 is 3.25. The van der Waals surface area contributed by atoms with E-state index in [0.717, 1.165) is 12.8 Å². The number of hydrogen-bond donors (Lipinski definition) is 1. The van der Waals surface area contributed by atoms with Gasteiger partial charge in [-0.2, -0.15) is 4.31 Å². The minimum absolute atomic E-state index is 0.0921. The SMILES string of the molecule is C#CCN(CC1CC1)S(=O)(=O)c1ccc(Br)c(N)c1. The number of nitrogen functional groups attached to an aromatic ring is 1. The van der Waals surface area contributed by atoms with Gasteiger partial charge < -0.3 is 5.73 Å². The van der Waals surface area contributed by atoms with Crippen molar-refractivity contribution in [2.75, 3.05) is 18.8 Å². The van der Waals surface area contributed by atoms with Crippen LogP contribution in [0.5, 0.6) is 0 Å². The molecule has 4 nitrogen and oxygen atoms in total. The Bertz CT molecular complexity index is 618. The van der Waals surface area contributed by atoms with E-state index in [9.17, 15) is 8.42 Å². The van der Waals surface area contributed by atoms with E-state index >= 15 is 0 Å². The fourth-order valence-corrected chi connectivity index (χ4v) is 3.48. The molecule has 0 aromatic heterocycles. The summed E-state index contributed by atoms with van der Waals surface area (Å²) in [7, 11) is -3.57. The van der Waals surface area contributed by atoms with Crippen LogP contribution < -0.4 is 5.73 Å². The molecule has 0 atom stereocenters.